The normalized spacial score (nSPS) is 10.4. The summed E-state index contributed by atoms with van der Waals surface area (Å²) in [5.41, 5.74) is 5.27. The van der Waals surface area contributed by atoms with Crippen molar-refractivity contribution in [2.75, 3.05) is 6.61 Å². The van der Waals surface area contributed by atoms with Gasteiger partial charge >= 0.3 is 0 Å². The molecule has 0 bridgehead atoms. The Morgan fingerprint density at radius 1 is 0.931 bits per heavy atom. The van der Waals surface area contributed by atoms with E-state index < -0.39 is 0 Å². The highest BCUT2D eigenvalue weighted by Crippen LogP contribution is 2.23. The minimum Gasteiger partial charge on any atom is -0.493 e. The van der Waals surface area contributed by atoms with E-state index >= 15 is 0 Å². The van der Waals surface area contributed by atoms with Crippen molar-refractivity contribution in [1.82, 2.24) is 9.55 Å². The number of aromatic nitrogens is 2. The molecule has 0 saturated carbocycles. The SMILES string of the molecule is N#Cc1ccc(Cn2ccnc2)c(OCCc2ccc(-c3ccccc3)cc2)c1. The summed E-state index contributed by atoms with van der Waals surface area (Å²) in [6, 6.07) is 26.7. The quantitative estimate of drug-likeness (QED) is 0.449. The second-order valence-corrected chi connectivity index (χ2v) is 6.83. The fraction of sp³-hybridized carbons (Fsp3) is 0.120. The molecule has 0 fully saturated rings. The molecule has 0 aliphatic carbocycles. The van der Waals surface area contributed by atoms with Crippen molar-refractivity contribution in [2.24, 2.45) is 0 Å². The van der Waals surface area contributed by atoms with E-state index in [1.165, 1.54) is 16.7 Å². The Balaban J connectivity index is 1.41. The first-order valence-corrected chi connectivity index (χ1v) is 9.58. The van der Waals surface area contributed by atoms with E-state index in [4.69, 9.17) is 4.74 Å². The summed E-state index contributed by atoms with van der Waals surface area (Å²) in [5.74, 6) is 0.749. The van der Waals surface area contributed by atoms with Crippen LogP contribution in [0, 0.1) is 11.3 Å². The zero-order valence-corrected chi connectivity index (χ0v) is 16.0. The Hall–Kier alpha value is -3.84. The number of nitrogens with zero attached hydrogens (tertiary/aromatic N) is 3. The number of ether oxygens (including phenoxy) is 1. The molecule has 1 heterocycles. The molecule has 0 spiro atoms. The number of hydrogen-bond donors (Lipinski definition) is 0. The van der Waals surface area contributed by atoms with Crippen LogP contribution in [0.5, 0.6) is 5.75 Å². The zero-order valence-electron chi connectivity index (χ0n) is 16.0. The van der Waals surface area contributed by atoms with Crippen LogP contribution in [0.15, 0.2) is 91.5 Å². The van der Waals surface area contributed by atoms with Crippen LogP contribution in [0.4, 0.5) is 0 Å². The van der Waals surface area contributed by atoms with Crippen molar-refractivity contribution >= 4 is 0 Å². The molecular formula is C25H21N3O. The number of benzene rings is 3. The lowest BCUT2D eigenvalue weighted by Crippen LogP contribution is -2.06. The van der Waals surface area contributed by atoms with Crippen LogP contribution >= 0.6 is 0 Å². The summed E-state index contributed by atoms with van der Waals surface area (Å²) in [7, 11) is 0. The lowest BCUT2D eigenvalue weighted by atomic mass is 10.0. The van der Waals surface area contributed by atoms with Crippen LogP contribution in [-0.4, -0.2) is 16.2 Å². The standard InChI is InChI=1S/C25H21N3O/c26-17-21-8-11-24(18-28-14-13-27-19-28)25(16-21)29-15-12-20-6-9-23(10-7-20)22-4-2-1-3-5-22/h1-11,13-14,16,19H,12,15,18H2. The first-order chi connectivity index (χ1) is 14.3. The lowest BCUT2D eigenvalue weighted by molar-refractivity contribution is 0.318. The van der Waals surface area contributed by atoms with E-state index in [2.05, 4.69) is 47.5 Å². The third kappa shape index (κ3) is 4.72. The second-order valence-electron chi connectivity index (χ2n) is 6.83. The Morgan fingerprint density at radius 3 is 2.45 bits per heavy atom. The second kappa shape index (κ2) is 8.90. The molecule has 4 rings (SSSR count). The molecule has 0 radical (unpaired) electrons. The molecule has 0 atom stereocenters. The molecular weight excluding hydrogens is 358 g/mol. The van der Waals surface area contributed by atoms with E-state index in [0.29, 0.717) is 18.7 Å². The third-order valence-corrected chi connectivity index (χ3v) is 4.82. The van der Waals surface area contributed by atoms with Crippen LogP contribution in [0.1, 0.15) is 16.7 Å². The molecule has 4 heteroatoms. The van der Waals surface area contributed by atoms with Crippen molar-refractivity contribution in [2.45, 2.75) is 13.0 Å². The van der Waals surface area contributed by atoms with Gasteiger partial charge in [0.25, 0.3) is 0 Å². The highest BCUT2D eigenvalue weighted by molar-refractivity contribution is 5.63. The summed E-state index contributed by atoms with van der Waals surface area (Å²) in [5, 5.41) is 9.21. The highest BCUT2D eigenvalue weighted by atomic mass is 16.5. The molecule has 0 aliphatic heterocycles. The average molecular weight is 379 g/mol. The number of nitriles is 1. The summed E-state index contributed by atoms with van der Waals surface area (Å²) in [4.78, 5) is 4.08. The molecule has 0 N–H and O–H groups in total. The van der Waals surface area contributed by atoms with Gasteiger partial charge in [0.2, 0.25) is 0 Å². The smallest absolute Gasteiger partial charge is 0.125 e. The van der Waals surface area contributed by atoms with Gasteiger partial charge in [0.05, 0.1) is 31.1 Å². The molecule has 0 aliphatic rings. The van der Waals surface area contributed by atoms with Gasteiger partial charge in [0.1, 0.15) is 5.75 Å². The fourth-order valence-corrected chi connectivity index (χ4v) is 3.24. The Kier molecular flexibility index (Phi) is 5.68. The van der Waals surface area contributed by atoms with E-state index in [0.717, 1.165) is 17.7 Å². The minimum atomic E-state index is 0.552. The van der Waals surface area contributed by atoms with Gasteiger partial charge in [-0.1, -0.05) is 60.7 Å². The lowest BCUT2D eigenvalue weighted by Gasteiger charge is -2.13. The van der Waals surface area contributed by atoms with Gasteiger partial charge in [-0.05, 0) is 28.8 Å². The monoisotopic (exact) mass is 379 g/mol. The Morgan fingerprint density at radius 2 is 1.72 bits per heavy atom. The molecule has 1 aromatic heterocycles. The maximum atomic E-state index is 9.21. The van der Waals surface area contributed by atoms with Crippen molar-refractivity contribution < 1.29 is 4.74 Å². The van der Waals surface area contributed by atoms with E-state index in [-0.39, 0.29) is 0 Å². The van der Waals surface area contributed by atoms with Gasteiger partial charge in [-0.25, -0.2) is 4.98 Å². The van der Waals surface area contributed by atoms with E-state index in [9.17, 15) is 5.26 Å². The Labute approximate surface area is 170 Å². The average Bonchev–Trinajstić information content (AvgIpc) is 3.29. The number of imidazole rings is 1. The van der Waals surface area contributed by atoms with E-state index in [1.807, 2.05) is 47.2 Å². The highest BCUT2D eigenvalue weighted by Gasteiger charge is 2.07. The van der Waals surface area contributed by atoms with Crippen LogP contribution in [0.2, 0.25) is 0 Å². The maximum Gasteiger partial charge on any atom is 0.125 e. The number of hydrogen-bond acceptors (Lipinski definition) is 3. The van der Waals surface area contributed by atoms with E-state index in [1.54, 1.807) is 12.5 Å². The first-order valence-electron chi connectivity index (χ1n) is 9.58. The molecule has 29 heavy (non-hydrogen) atoms. The predicted molar refractivity (Wildman–Crippen MR) is 114 cm³/mol. The largest absolute Gasteiger partial charge is 0.493 e. The Bertz CT molecular complexity index is 1100. The summed E-state index contributed by atoms with van der Waals surface area (Å²) in [6.07, 6.45) is 6.24. The molecule has 0 saturated heterocycles. The molecule has 4 aromatic rings. The van der Waals surface area contributed by atoms with Crippen LogP contribution in [0.3, 0.4) is 0 Å². The van der Waals surface area contributed by atoms with Crippen molar-refractivity contribution in [3.63, 3.8) is 0 Å². The topological polar surface area (TPSA) is 50.8 Å². The molecule has 3 aromatic carbocycles. The number of rotatable bonds is 7. The van der Waals surface area contributed by atoms with Crippen molar-refractivity contribution in [3.05, 3.63) is 108 Å². The van der Waals surface area contributed by atoms with Gasteiger partial charge in [-0.2, -0.15) is 5.26 Å². The zero-order chi connectivity index (χ0) is 19.9. The van der Waals surface area contributed by atoms with Gasteiger partial charge in [0.15, 0.2) is 0 Å². The van der Waals surface area contributed by atoms with Gasteiger partial charge in [-0.15, -0.1) is 0 Å². The van der Waals surface area contributed by atoms with Crippen LogP contribution in [0.25, 0.3) is 11.1 Å². The van der Waals surface area contributed by atoms with Crippen LogP contribution in [-0.2, 0) is 13.0 Å². The first kappa shape index (κ1) is 18.5. The minimum absolute atomic E-state index is 0.552. The van der Waals surface area contributed by atoms with Crippen molar-refractivity contribution in [1.29, 1.82) is 5.26 Å². The summed E-state index contributed by atoms with van der Waals surface area (Å²) in [6.45, 7) is 1.21. The van der Waals surface area contributed by atoms with Crippen LogP contribution < -0.4 is 4.74 Å². The van der Waals surface area contributed by atoms with Gasteiger partial charge < -0.3 is 9.30 Å². The molecule has 142 valence electrons. The predicted octanol–water partition coefficient (Wildman–Crippen LogP) is 5.09. The maximum absolute atomic E-state index is 9.21. The fourth-order valence-electron chi connectivity index (χ4n) is 3.24. The molecule has 0 unspecified atom stereocenters. The van der Waals surface area contributed by atoms with Gasteiger partial charge in [-0.3, -0.25) is 0 Å². The summed E-state index contributed by atoms with van der Waals surface area (Å²) < 4.78 is 8.05. The molecule has 4 nitrogen and oxygen atoms in total. The summed E-state index contributed by atoms with van der Waals surface area (Å²) >= 11 is 0. The van der Waals surface area contributed by atoms with Gasteiger partial charge in [0, 0.05) is 24.4 Å². The van der Waals surface area contributed by atoms with Crippen molar-refractivity contribution in [3.8, 4) is 22.9 Å². The molecule has 0 amide bonds. The third-order valence-electron chi connectivity index (χ3n) is 4.82.